The number of rotatable bonds is 15. The number of carbonyl (C=O) groups is 2. The average molecular weight is 1110 g/mol. The molecule has 6 aliphatic rings. The van der Waals surface area contributed by atoms with Crippen LogP contribution in [-0.4, -0.2) is 116 Å². The summed E-state index contributed by atoms with van der Waals surface area (Å²) >= 11 is 9.23. The number of fused-ring (bicyclic) bond motifs is 7. The lowest BCUT2D eigenvalue weighted by Crippen LogP contribution is -2.57. The zero-order valence-corrected chi connectivity index (χ0v) is 45.5. The van der Waals surface area contributed by atoms with E-state index in [0.29, 0.717) is 126 Å². The van der Waals surface area contributed by atoms with E-state index in [-0.39, 0.29) is 59.6 Å². The van der Waals surface area contributed by atoms with Gasteiger partial charge in [0.25, 0.3) is 0 Å². The van der Waals surface area contributed by atoms with Crippen molar-refractivity contribution in [2.75, 3.05) is 37.8 Å². The molecular weight excluding hydrogens is 1050 g/mol. The summed E-state index contributed by atoms with van der Waals surface area (Å²) in [6.07, 6.45) is 9.38. The van der Waals surface area contributed by atoms with Gasteiger partial charge in [-0.3, -0.25) is 14.7 Å². The van der Waals surface area contributed by atoms with Gasteiger partial charge in [-0.05, 0) is 85.8 Å². The number of nitrogens with one attached hydrogen (secondary N) is 3. The Morgan fingerprint density at radius 1 is 1.04 bits per heavy atom. The highest BCUT2D eigenvalue weighted by Crippen LogP contribution is 2.55. The van der Waals surface area contributed by atoms with Crippen LogP contribution < -0.4 is 41.3 Å². The van der Waals surface area contributed by atoms with Gasteiger partial charge in [0.15, 0.2) is 11.5 Å². The van der Waals surface area contributed by atoms with Crippen molar-refractivity contribution in [1.29, 1.82) is 0 Å². The maximum absolute atomic E-state index is 16.1. The Morgan fingerprint density at radius 2 is 1.84 bits per heavy atom. The molecule has 7 aromatic rings. The molecule has 4 aromatic carbocycles. The van der Waals surface area contributed by atoms with Gasteiger partial charge < -0.3 is 50.1 Å². The highest BCUT2D eigenvalue weighted by atomic mass is 35.5. The molecule has 410 valence electrons. The van der Waals surface area contributed by atoms with Gasteiger partial charge in [0.05, 0.1) is 63.2 Å². The standard InChI is InChI=1S/C58H62ClFN12O6S/c1-30-40(60)22-42-39(25-66-69-42)46(30)47-49(59)52-48-50(67-58(78-38-16-19-75-20-17-38)68-55(48)72-37-21-43(63-24-37)45(72)28-77-52)53(47)76-27-33-10-12-34(13-11-33)41(61)26-71(62)51(35-5-3-6-35)57(74)70-18-4-7-44(70)56(73)64-23-32-8-14-36(15-9-32)54-31(2)65-29-79-54/h8-15,22,25-26,29,35,37-38,43-45,51,63H,3-7,16-21,23-24,27-28,61-62H2,1-2H3,(H,64,73)(H,66,69)/b41-26-. The Bertz CT molecular complexity index is 3510. The number of aryl methyl sites for hydroxylation is 1. The molecule has 3 aromatic heterocycles. The fourth-order valence-electron chi connectivity index (χ4n) is 12.5. The number of piperazine rings is 1. The molecule has 1 aliphatic carbocycles. The number of amides is 2. The van der Waals surface area contributed by atoms with Crippen LogP contribution in [0.15, 0.2) is 72.5 Å². The monoisotopic (exact) mass is 1110 g/mol. The molecule has 7 N–H and O–H groups in total. The maximum atomic E-state index is 16.1. The number of nitrogens with zero attached hydrogens (tertiary/aromatic N) is 7. The number of hydrogen-bond donors (Lipinski definition) is 5. The van der Waals surface area contributed by atoms with E-state index in [1.807, 2.05) is 61.0 Å². The fraction of sp³-hybridized carbons (Fsp3) is 0.414. The first kappa shape index (κ1) is 51.3. The number of likely N-dealkylation sites (tertiary alicyclic amines) is 1. The van der Waals surface area contributed by atoms with Crippen molar-refractivity contribution >= 4 is 68.1 Å². The van der Waals surface area contributed by atoms with Crippen LogP contribution in [0.25, 0.3) is 49.1 Å². The molecule has 5 unspecified atom stereocenters. The zero-order valence-electron chi connectivity index (χ0n) is 44.0. The van der Waals surface area contributed by atoms with Crippen LogP contribution >= 0.6 is 22.9 Å². The number of aromatic nitrogens is 5. The fourth-order valence-corrected chi connectivity index (χ4v) is 13.7. The van der Waals surface area contributed by atoms with Crippen LogP contribution in [0.4, 0.5) is 10.2 Å². The van der Waals surface area contributed by atoms with Crippen molar-refractivity contribution in [3.8, 4) is 39.1 Å². The lowest BCUT2D eigenvalue weighted by atomic mass is 9.79. The molecule has 13 rings (SSSR count). The second-order valence-corrected chi connectivity index (χ2v) is 23.0. The van der Waals surface area contributed by atoms with E-state index in [2.05, 4.69) is 30.7 Å². The number of halogens is 2. The molecule has 2 amide bonds. The van der Waals surface area contributed by atoms with E-state index in [1.165, 1.54) is 11.1 Å². The molecule has 4 saturated heterocycles. The first-order valence-electron chi connectivity index (χ1n) is 27.4. The normalized spacial score (nSPS) is 21.5. The number of hydrazine groups is 1. The molecular formula is C58H62ClFN12O6S. The van der Waals surface area contributed by atoms with E-state index >= 15 is 4.39 Å². The molecule has 8 heterocycles. The summed E-state index contributed by atoms with van der Waals surface area (Å²) in [5.74, 6) is 7.40. The SMILES string of the molecule is Cc1ncsc1-c1ccc(CNC(=O)C2CCCN2C(=O)C(C2CCC2)N(N)/C=C(\N)c2ccc(COc3c(-c4c(C)c(F)cc5[nH]ncc45)c(Cl)c4c5c(nc(OC6CCOCC6)nc35)N3C5CNC(C5)C3CO4)cc2)cc1. The summed E-state index contributed by atoms with van der Waals surface area (Å²) < 4.78 is 42.1. The summed E-state index contributed by atoms with van der Waals surface area (Å²) in [4.78, 5) is 48.2. The van der Waals surface area contributed by atoms with E-state index in [9.17, 15) is 9.59 Å². The van der Waals surface area contributed by atoms with Gasteiger partial charge in [0, 0.05) is 67.3 Å². The molecule has 0 spiro atoms. The second-order valence-electron chi connectivity index (χ2n) is 21.7. The Kier molecular flexibility index (Phi) is 13.8. The minimum absolute atomic E-state index is 0.00936. The van der Waals surface area contributed by atoms with E-state index in [0.717, 1.165) is 59.5 Å². The third-order valence-electron chi connectivity index (χ3n) is 17.0. The van der Waals surface area contributed by atoms with Gasteiger partial charge in [-0.2, -0.15) is 15.1 Å². The van der Waals surface area contributed by atoms with Crippen molar-refractivity contribution in [1.82, 2.24) is 45.7 Å². The quantitative estimate of drug-likeness (QED) is 0.0484. The third-order valence-corrected chi connectivity index (χ3v) is 18.3. The largest absolute Gasteiger partial charge is 0.489 e. The molecule has 21 heteroatoms. The number of benzene rings is 4. The molecule has 18 nitrogen and oxygen atoms in total. The molecule has 0 radical (unpaired) electrons. The topological polar surface area (TPSA) is 224 Å². The van der Waals surface area contributed by atoms with Gasteiger partial charge >= 0.3 is 6.01 Å². The Balaban J connectivity index is 0.776. The second kappa shape index (κ2) is 21.2. The number of H-pyrrole nitrogens is 1. The first-order chi connectivity index (χ1) is 38.5. The summed E-state index contributed by atoms with van der Waals surface area (Å²) in [7, 11) is 0. The summed E-state index contributed by atoms with van der Waals surface area (Å²) in [6, 6.07) is 16.3. The minimum atomic E-state index is -0.700. The van der Waals surface area contributed by atoms with Gasteiger partial charge in [0.1, 0.15) is 48.6 Å². The number of carbonyl (C=O) groups excluding carboxylic acids is 2. The summed E-state index contributed by atoms with van der Waals surface area (Å²) in [5.41, 5.74) is 15.7. The predicted molar refractivity (Wildman–Crippen MR) is 300 cm³/mol. The molecule has 79 heavy (non-hydrogen) atoms. The van der Waals surface area contributed by atoms with E-state index < -0.39 is 17.9 Å². The van der Waals surface area contributed by atoms with Crippen molar-refractivity contribution < 1.29 is 32.9 Å². The van der Waals surface area contributed by atoms with Crippen LogP contribution in [0.3, 0.4) is 0 Å². The third kappa shape index (κ3) is 9.43. The van der Waals surface area contributed by atoms with Crippen molar-refractivity contribution in [2.24, 2.45) is 17.5 Å². The zero-order chi connectivity index (χ0) is 54.1. The minimum Gasteiger partial charge on any atom is -0.489 e. The van der Waals surface area contributed by atoms with E-state index in [4.69, 9.17) is 52.1 Å². The van der Waals surface area contributed by atoms with Crippen molar-refractivity contribution in [3.05, 3.63) is 111 Å². The number of hydrogen-bond acceptors (Lipinski definition) is 16. The maximum Gasteiger partial charge on any atom is 0.319 e. The molecule has 5 fully saturated rings. The predicted octanol–water partition coefficient (Wildman–Crippen LogP) is 8.06. The van der Waals surface area contributed by atoms with Gasteiger partial charge in [-0.1, -0.05) is 66.6 Å². The van der Waals surface area contributed by atoms with Crippen LogP contribution in [0.5, 0.6) is 17.5 Å². The highest BCUT2D eigenvalue weighted by Gasteiger charge is 2.50. The average Bonchev–Trinajstić information content (AvgIpc) is 4.51. The van der Waals surface area contributed by atoms with Crippen LogP contribution in [0.2, 0.25) is 5.02 Å². The van der Waals surface area contributed by atoms with Crippen molar-refractivity contribution in [2.45, 2.75) is 115 Å². The number of thiazole rings is 1. The van der Waals surface area contributed by atoms with Crippen molar-refractivity contribution in [3.63, 3.8) is 0 Å². The van der Waals surface area contributed by atoms with E-state index in [1.54, 1.807) is 35.6 Å². The highest BCUT2D eigenvalue weighted by molar-refractivity contribution is 7.13. The summed E-state index contributed by atoms with van der Waals surface area (Å²) in [6.45, 7) is 6.83. The Morgan fingerprint density at radius 3 is 2.59 bits per heavy atom. The lowest BCUT2D eigenvalue weighted by Gasteiger charge is -2.40. The molecule has 2 bridgehead atoms. The number of anilines is 1. The lowest BCUT2D eigenvalue weighted by molar-refractivity contribution is -0.144. The van der Waals surface area contributed by atoms with Gasteiger partial charge in [0.2, 0.25) is 11.8 Å². The van der Waals surface area contributed by atoms with Gasteiger partial charge in [-0.25, -0.2) is 15.2 Å². The molecule has 5 aliphatic heterocycles. The van der Waals surface area contributed by atoms with Gasteiger partial charge in [-0.15, -0.1) is 11.3 Å². The number of nitrogens with two attached hydrogens (primary N) is 2. The molecule has 1 saturated carbocycles. The number of aromatic amines is 1. The van der Waals surface area contributed by atoms with Crippen LogP contribution in [-0.2, 0) is 27.5 Å². The molecule has 5 atom stereocenters. The summed E-state index contributed by atoms with van der Waals surface area (Å²) in [5, 5.41) is 16.9. The smallest absolute Gasteiger partial charge is 0.319 e. The first-order valence-corrected chi connectivity index (χ1v) is 28.6. The number of ether oxygens (including phenoxy) is 4. The van der Waals surface area contributed by atoms with Crippen LogP contribution in [0.1, 0.15) is 79.3 Å². The Hall–Kier alpha value is -7.10. The van der Waals surface area contributed by atoms with Crippen LogP contribution in [0, 0.1) is 25.6 Å². The Labute approximate surface area is 464 Å².